The van der Waals surface area contributed by atoms with E-state index in [1.54, 1.807) is 12.1 Å². The molecule has 0 aliphatic carbocycles. The third-order valence-corrected chi connectivity index (χ3v) is 7.38. The zero-order valence-electron chi connectivity index (χ0n) is 22.1. The molecule has 4 aromatic carbocycles. The monoisotopic (exact) mass is 550 g/mol. The van der Waals surface area contributed by atoms with Crippen LogP contribution in [0.1, 0.15) is 24.7 Å². The number of aromatic nitrogens is 4. The Morgan fingerprint density at radius 2 is 1.68 bits per heavy atom. The molecule has 200 valence electrons. The lowest BCUT2D eigenvalue weighted by atomic mass is 10.0. The maximum absolute atomic E-state index is 11.1. The molecule has 0 bridgehead atoms. The standard InChI is InChI=1S/C32H27ClN4O3/c1-3-8-29-35-30-24(33)17-22(31-34-25-10-5-6-11-26(25)36(31)2)18-27(30)37(29)19-20-13-15-21(16-14-20)23-9-4-7-12-28(23)40-32(38)39/h4-7,9-18H,3,8,19H2,1-2H3,(H,38,39). The number of fused-ring (bicyclic) bond motifs is 2. The summed E-state index contributed by atoms with van der Waals surface area (Å²) in [6.07, 6.45) is 0.443. The predicted molar refractivity (Wildman–Crippen MR) is 158 cm³/mol. The number of aryl methyl sites for hydroxylation is 2. The number of para-hydroxylation sites is 3. The average Bonchev–Trinajstić information content (AvgIpc) is 3.47. The smallest absolute Gasteiger partial charge is 0.449 e. The van der Waals surface area contributed by atoms with Crippen molar-refractivity contribution in [2.24, 2.45) is 7.05 Å². The Labute approximate surface area is 236 Å². The van der Waals surface area contributed by atoms with E-state index >= 15 is 0 Å². The lowest BCUT2D eigenvalue weighted by Gasteiger charge is -2.12. The summed E-state index contributed by atoms with van der Waals surface area (Å²) in [6, 6.07) is 27.3. The fraction of sp³-hybridized carbons (Fsp3) is 0.156. The van der Waals surface area contributed by atoms with Crippen LogP contribution >= 0.6 is 11.6 Å². The molecule has 0 atom stereocenters. The molecule has 2 aromatic heterocycles. The first-order chi connectivity index (χ1) is 19.4. The van der Waals surface area contributed by atoms with Crippen LogP contribution in [0, 0.1) is 0 Å². The van der Waals surface area contributed by atoms with Gasteiger partial charge in [0.15, 0.2) is 0 Å². The highest BCUT2D eigenvalue weighted by atomic mass is 35.5. The number of rotatable bonds is 7. The van der Waals surface area contributed by atoms with Gasteiger partial charge in [-0.25, -0.2) is 14.8 Å². The van der Waals surface area contributed by atoms with Gasteiger partial charge >= 0.3 is 6.16 Å². The third kappa shape index (κ3) is 4.69. The number of ether oxygens (including phenoxy) is 1. The number of imidazole rings is 2. The number of carboxylic acid groups (broad SMARTS) is 1. The van der Waals surface area contributed by atoms with Crippen molar-refractivity contribution in [2.75, 3.05) is 0 Å². The van der Waals surface area contributed by atoms with Crippen LogP contribution in [0.2, 0.25) is 5.02 Å². The lowest BCUT2D eigenvalue weighted by Crippen LogP contribution is -2.05. The molecule has 0 fully saturated rings. The normalized spacial score (nSPS) is 11.4. The second-order valence-electron chi connectivity index (χ2n) is 9.73. The Morgan fingerprint density at radius 3 is 2.42 bits per heavy atom. The molecule has 0 aliphatic heterocycles. The molecule has 6 aromatic rings. The zero-order chi connectivity index (χ0) is 27.8. The summed E-state index contributed by atoms with van der Waals surface area (Å²) in [7, 11) is 2.02. The van der Waals surface area contributed by atoms with Crippen LogP contribution in [0.15, 0.2) is 84.9 Å². The maximum atomic E-state index is 11.1. The van der Waals surface area contributed by atoms with Gasteiger partial charge in [0.25, 0.3) is 0 Å². The van der Waals surface area contributed by atoms with E-state index in [0.717, 1.165) is 68.8 Å². The van der Waals surface area contributed by atoms with Crippen molar-refractivity contribution in [3.8, 4) is 28.3 Å². The number of nitrogens with zero attached hydrogens (tertiary/aromatic N) is 4. The summed E-state index contributed by atoms with van der Waals surface area (Å²) < 4.78 is 9.30. The van der Waals surface area contributed by atoms with E-state index in [1.165, 1.54) is 0 Å². The minimum absolute atomic E-state index is 0.303. The summed E-state index contributed by atoms with van der Waals surface area (Å²) in [4.78, 5) is 20.9. The Hall–Kier alpha value is -4.62. The molecule has 0 aliphatic rings. The van der Waals surface area contributed by atoms with Gasteiger partial charge in [-0.3, -0.25) is 0 Å². The maximum Gasteiger partial charge on any atom is 0.511 e. The van der Waals surface area contributed by atoms with Crippen molar-refractivity contribution in [2.45, 2.75) is 26.3 Å². The summed E-state index contributed by atoms with van der Waals surface area (Å²) in [5.41, 5.74) is 7.35. The molecule has 40 heavy (non-hydrogen) atoms. The molecule has 0 radical (unpaired) electrons. The van der Waals surface area contributed by atoms with Gasteiger partial charge in [0, 0.05) is 31.1 Å². The number of carbonyl (C=O) groups is 1. The second kappa shape index (κ2) is 10.5. The first-order valence-electron chi connectivity index (χ1n) is 13.1. The molecular formula is C32H27ClN4O3. The lowest BCUT2D eigenvalue weighted by molar-refractivity contribution is 0.144. The van der Waals surface area contributed by atoms with Gasteiger partial charge in [-0.05, 0) is 47.9 Å². The van der Waals surface area contributed by atoms with Gasteiger partial charge in [0.1, 0.15) is 22.9 Å². The number of hydrogen-bond donors (Lipinski definition) is 1. The van der Waals surface area contributed by atoms with Gasteiger partial charge in [-0.2, -0.15) is 0 Å². The van der Waals surface area contributed by atoms with E-state index in [4.69, 9.17) is 31.4 Å². The summed E-state index contributed by atoms with van der Waals surface area (Å²) in [5, 5.41) is 9.70. The minimum atomic E-state index is -1.34. The first-order valence-corrected chi connectivity index (χ1v) is 13.5. The average molecular weight is 551 g/mol. The van der Waals surface area contributed by atoms with E-state index in [2.05, 4.69) is 28.2 Å². The molecule has 0 unspecified atom stereocenters. The molecule has 1 N–H and O–H groups in total. The van der Waals surface area contributed by atoms with E-state index in [1.807, 2.05) is 67.7 Å². The van der Waals surface area contributed by atoms with Crippen molar-refractivity contribution < 1.29 is 14.6 Å². The number of benzene rings is 4. The number of halogens is 1. The van der Waals surface area contributed by atoms with Crippen molar-refractivity contribution in [3.05, 3.63) is 101 Å². The molecular weight excluding hydrogens is 524 g/mol. The third-order valence-electron chi connectivity index (χ3n) is 7.10. The minimum Gasteiger partial charge on any atom is -0.449 e. The van der Waals surface area contributed by atoms with Crippen LogP contribution in [0.4, 0.5) is 4.79 Å². The summed E-state index contributed by atoms with van der Waals surface area (Å²) in [5.74, 6) is 2.13. The summed E-state index contributed by atoms with van der Waals surface area (Å²) in [6.45, 7) is 2.75. The van der Waals surface area contributed by atoms with Gasteiger partial charge in [-0.1, -0.05) is 73.1 Å². The Morgan fingerprint density at radius 1 is 0.925 bits per heavy atom. The highest BCUT2D eigenvalue weighted by Gasteiger charge is 2.18. The molecule has 0 saturated heterocycles. The molecule has 0 spiro atoms. The molecule has 0 amide bonds. The van der Waals surface area contributed by atoms with E-state index in [-0.39, 0.29) is 0 Å². The molecule has 2 heterocycles. The Kier molecular flexibility index (Phi) is 6.74. The SMILES string of the molecule is CCCc1nc2c(Cl)cc(-c3nc4ccccc4n3C)cc2n1Cc1ccc(-c2ccccc2OC(=O)O)cc1. The fourth-order valence-electron chi connectivity index (χ4n) is 5.21. The largest absolute Gasteiger partial charge is 0.511 e. The fourth-order valence-corrected chi connectivity index (χ4v) is 5.47. The van der Waals surface area contributed by atoms with Gasteiger partial charge in [-0.15, -0.1) is 0 Å². The highest BCUT2D eigenvalue weighted by Crippen LogP contribution is 2.34. The van der Waals surface area contributed by atoms with Crippen molar-refractivity contribution in [3.63, 3.8) is 0 Å². The van der Waals surface area contributed by atoms with Crippen molar-refractivity contribution in [1.82, 2.24) is 19.1 Å². The van der Waals surface area contributed by atoms with Gasteiger partial charge < -0.3 is 19.0 Å². The molecule has 6 rings (SSSR count). The van der Waals surface area contributed by atoms with E-state index in [9.17, 15) is 4.79 Å². The first kappa shape index (κ1) is 25.6. The Bertz CT molecular complexity index is 1870. The van der Waals surface area contributed by atoms with Crippen LogP contribution in [-0.4, -0.2) is 30.4 Å². The van der Waals surface area contributed by atoms with Crippen molar-refractivity contribution >= 4 is 39.8 Å². The van der Waals surface area contributed by atoms with Crippen LogP contribution in [0.25, 0.3) is 44.6 Å². The molecule has 8 heteroatoms. The van der Waals surface area contributed by atoms with E-state index < -0.39 is 6.16 Å². The predicted octanol–water partition coefficient (Wildman–Crippen LogP) is 7.97. The van der Waals surface area contributed by atoms with Crippen LogP contribution in [0.3, 0.4) is 0 Å². The van der Waals surface area contributed by atoms with Crippen LogP contribution < -0.4 is 4.74 Å². The van der Waals surface area contributed by atoms with Gasteiger partial charge in [0.2, 0.25) is 0 Å². The second-order valence-corrected chi connectivity index (χ2v) is 10.1. The Balaban J connectivity index is 1.40. The number of hydrogen-bond acceptors (Lipinski definition) is 4. The van der Waals surface area contributed by atoms with Crippen LogP contribution in [0.5, 0.6) is 5.75 Å². The summed E-state index contributed by atoms with van der Waals surface area (Å²) >= 11 is 6.82. The molecule has 0 saturated carbocycles. The van der Waals surface area contributed by atoms with Gasteiger partial charge in [0.05, 0.1) is 21.6 Å². The van der Waals surface area contributed by atoms with Crippen molar-refractivity contribution in [1.29, 1.82) is 0 Å². The quantitative estimate of drug-likeness (QED) is 0.161. The van der Waals surface area contributed by atoms with Crippen LogP contribution in [-0.2, 0) is 20.0 Å². The highest BCUT2D eigenvalue weighted by molar-refractivity contribution is 6.35. The molecule has 7 nitrogen and oxygen atoms in total. The van der Waals surface area contributed by atoms with E-state index in [0.29, 0.717) is 17.3 Å². The topological polar surface area (TPSA) is 82.2 Å². The zero-order valence-corrected chi connectivity index (χ0v) is 22.9.